The van der Waals surface area contributed by atoms with Crippen LogP contribution < -0.4 is 11.1 Å². The number of hydrogen-bond donors (Lipinski definition) is 2. The summed E-state index contributed by atoms with van der Waals surface area (Å²) in [5.74, 6) is -0.371. The van der Waals surface area contributed by atoms with E-state index in [1.54, 1.807) is 6.08 Å². The Morgan fingerprint density at radius 2 is 2.40 bits per heavy atom. The highest BCUT2D eigenvalue weighted by Crippen LogP contribution is 1.87. The van der Waals surface area contributed by atoms with E-state index in [1.807, 2.05) is 7.05 Å². The summed E-state index contributed by atoms with van der Waals surface area (Å²) in [6, 6.07) is 0. The molecule has 0 unspecified atom stereocenters. The van der Waals surface area contributed by atoms with Gasteiger partial charge in [-0.3, -0.25) is 4.79 Å². The van der Waals surface area contributed by atoms with Gasteiger partial charge < -0.3 is 11.1 Å². The van der Waals surface area contributed by atoms with Crippen LogP contribution in [0, 0.1) is 0 Å². The quantitative estimate of drug-likeness (QED) is 0.420. The van der Waals surface area contributed by atoms with Crippen molar-refractivity contribution in [2.24, 2.45) is 5.73 Å². The average Bonchev–Trinajstić information content (AvgIpc) is 1.87. The molecule has 0 saturated heterocycles. The molecule has 10 heavy (non-hydrogen) atoms. The molecule has 0 radical (unpaired) electrons. The maximum Gasteiger partial charge on any atom is 0.241 e. The van der Waals surface area contributed by atoms with Gasteiger partial charge in [0.15, 0.2) is 0 Å². The van der Waals surface area contributed by atoms with Crippen LogP contribution in [0.5, 0.6) is 0 Å². The largest absolute Gasteiger partial charge is 0.366 e. The standard InChI is InChI=1S/C7H14N2O/c1-9-6-4-2-3-5-7(8)10/h3,5,9H,2,4,6H2,1H3,(H2,8,10). The van der Waals surface area contributed by atoms with Crippen LogP contribution in [0.25, 0.3) is 0 Å². The number of allylic oxidation sites excluding steroid dienone is 1. The van der Waals surface area contributed by atoms with Crippen LogP contribution in [0.1, 0.15) is 12.8 Å². The number of amides is 1. The van der Waals surface area contributed by atoms with Crippen molar-refractivity contribution in [1.29, 1.82) is 0 Å². The number of nitrogens with one attached hydrogen (secondary N) is 1. The molecule has 3 N–H and O–H groups in total. The van der Waals surface area contributed by atoms with E-state index in [-0.39, 0.29) is 5.91 Å². The van der Waals surface area contributed by atoms with E-state index in [0.717, 1.165) is 19.4 Å². The van der Waals surface area contributed by atoms with E-state index in [1.165, 1.54) is 6.08 Å². The Kier molecular flexibility index (Phi) is 5.77. The average molecular weight is 142 g/mol. The Morgan fingerprint density at radius 1 is 1.70 bits per heavy atom. The molecular weight excluding hydrogens is 128 g/mol. The van der Waals surface area contributed by atoms with Crippen LogP contribution in [0.2, 0.25) is 0 Å². The molecule has 0 aliphatic carbocycles. The Balaban J connectivity index is 3.10. The summed E-state index contributed by atoms with van der Waals surface area (Å²) in [5.41, 5.74) is 4.87. The first-order valence-electron chi connectivity index (χ1n) is 3.38. The van der Waals surface area contributed by atoms with Crippen LogP contribution >= 0.6 is 0 Å². The molecule has 0 rings (SSSR count). The number of carbonyl (C=O) groups excluding carboxylic acids is 1. The molecule has 0 atom stereocenters. The lowest BCUT2D eigenvalue weighted by atomic mass is 10.3. The first-order chi connectivity index (χ1) is 4.77. The van der Waals surface area contributed by atoms with Gasteiger partial charge in [0.1, 0.15) is 0 Å². The molecule has 0 heterocycles. The van der Waals surface area contributed by atoms with Crippen molar-refractivity contribution in [3.05, 3.63) is 12.2 Å². The second-order valence-corrected chi connectivity index (χ2v) is 2.05. The van der Waals surface area contributed by atoms with Gasteiger partial charge in [0.05, 0.1) is 0 Å². The van der Waals surface area contributed by atoms with Gasteiger partial charge >= 0.3 is 0 Å². The Labute approximate surface area is 61.3 Å². The summed E-state index contributed by atoms with van der Waals surface area (Å²) in [5, 5.41) is 3.01. The molecule has 1 amide bonds. The van der Waals surface area contributed by atoms with Gasteiger partial charge in [-0.15, -0.1) is 0 Å². The van der Waals surface area contributed by atoms with Gasteiger partial charge in [-0.2, -0.15) is 0 Å². The number of hydrogen-bond acceptors (Lipinski definition) is 2. The van der Waals surface area contributed by atoms with Gasteiger partial charge in [0.25, 0.3) is 0 Å². The predicted molar refractivity (Wildman–Crippen MR) is 41.5 cm³/mol. The van der Waals surface area contributed by atoms with Gasteiger partial charge in [0, 0.05) is 0 Å². The number of unbranched alkanes of at least 4 members (excludes halogenated alkanes) is 1. The topological polar surface area (TPSA) is 55.1 Å². The molecule has 3 nitrogen and oxygen atoms in total. The SMILES string of the molecule is CNCCCC=CC(N)=O. The van der Waals surface area contributed by atoms with Crippen molar-refractivity contribution in [2.45, 2.75) is 12.8 Å². The summed E-state index contributed by atoms with van der Waals surface area (Å²) in [6.45, 7) is 0.975. The Morgan fingerprint density at radius 3 is 2.90 bits per heavy atom. The van der Waals surface area contributed by atoms with E-state index in [9.17, 15) is 4.79 Å². The monoisotopic (exact) mass is 142 g/mol. The molecular formula is C7H14N2O. The summed E-state index contributed by atoms with van der Waals surface area (Å²) in [7, 11) is 1.90. The smallest absolute Gasteiger partial charge is 0.241 e. The molecule has 3 heteroatoms. The molecule has 0 aliphatic rings. The molecule has 0 spiro atoms. The number of primary amides is 1. The number of nitrogens with two attached hydrogens (primary N) is 1. The Bertz CT molecular complexity index is 121. The van der Waals surface area contributed by atoms with E-state index >= 15 is 0 Å². The fraction of sp³-hybridized carbons (Fsp3) is 0.571. The van der Waals surface area contributed by atoms with Gasteiger partial charge in [-0.25, -0.2) is 0 Å². The lowest BCUT2D eigenvalue weighted by Gasteiger charge is -1.92. The molecule has 0 aromatic rings. The van der Waals surface area contributed by atoms with Crippen molar-refractivity contribution in [3.63, 3.8) is 0 Å². The van der Waals surface area contributed by atoms with Gasteiger partial charge in [-0.1, -0.05) is 6.08 Å². The minimum Gasteiger partial charge on any atom is -0.366 e. The van der Waals surface area contributed by atoms with Crippen molar-refractivity contribution in [1.82, 2.24) is 5.32 Å². The van der Waals surface area contributed by atoms with Crippen LogP contribution in [0.4, 0.5) is 0 Å². The van der Waals surface area contributed by atoms with Crippen molar-refractivity contribution in [2.75, 3.05) is 13.6 Å². The zero-order chi connectivity index (χ0) is 7.82. The van der Waals surface area contributed by atoms with E-state index < -0.39 is 0 Å². The zero-order valence-electron chi connectivity index (χ0n) is 6.26. The lowest BCUT2D eigenvalue weighted by Crippen LogP contribution is -2.07. The van der Waals surface area contributed by atoms with Crippen molar-refractivity contribution < 1.29 is 4.79 Å². The molecule has 0 aliphatic heterocycles. The molecule has 0 saturated carbocycles. The third kappa shape index (κ3) is 7.17. The van der Waals surface area contributed by atoms with Crippen LogP contribution in [0.3, 0.4) is 0 Å². The maximum absolute atomic E-state index is 10.2. The second-order valence-electron chi connectivity index (χ2n) is 2.05. The fourth-order valence-corrected chi connectivity index (χ4v) is 0.596. The molecule has 0 aromatic carbocycles. The van der Waals surface area contributed by atoms with E-state index in [0.29, 0.717) is 0 Å². The van der Waals surface area contributed by atoms with Crippen LogP contribution in [-0.2, 0) is 4.79 Å². The van der Waals surface area contributed by atoms with Crippen molar-refractivity contribution in [3.8, 4) is 0 Å². The maximum atomic E-state index is 10.2. The third-order valence-corrected chi connectivity index (χ3v) is 1.08. The molecule has 0 fully saturated rings. The third-order valence-electron chi connectivity index (χ3n) is 1.08. The van der Waals surface area contributed by atoms with Crippen LogP contribution in [0.15, 0.2) is 12.2 Å². The normalized spacial score (nSPS) is 10.5. The zero-order valence-corrected chi connectivity index (χ0v) is 6.26. The van der Waals surface area contributed by atoms with Crippen LogP contribution in [-0.4, -0.2) is 19.5 Å². The highest BCUT2D eigenvalue weighted by molar-refractivity contribution is 5.85. The second kappa shape index (κ2) is 6.29. The van der Waals surface area contributed by atoms with Gasteiger partial charge in [-0.05, 0) is 32.5 Å². The predicted octanol–water partition coefficient (Wildman–Crippen LogP) is 0.0275. The Hall–Kier alpha value is -0.830. The summed E-state index contributed by atoms with van der Waals surface area (Å²) in [6.07, 6.45) is 5.14. The van der Waals surface area contributed by atoms with E-state index in [2.05, 4.69) is 5.32 Å². The van der Waals surface area contributed by atoms with Gasteiger partial charge in [0.2, 0.25) is 5.91 Å². The first-order valence-corrected chi connectivity index (χ1v) is 3.38. The summed E-state index contributed by atoms with van der Waals surface area (Å²) >= 11 is 0. The number of carbonyl (C=O) groups is 1. The van der Waals surface area contributed by atoms with E-state index in [4.69, 9.17) is 5.73 Å². The molecule has 0 bridgehead atoms. The lowest BCUT2D eigenvalue weighted by molar-refractivity contribution is -0.113. The number of rotatable bonds is 5. The minimum absolute atomic E-state index is 0.371. The minimum atomic E-state index is -0.371. The summed E-state index contributed by atoms with van der Waals surface area (Å²) in [4.78, 5) is 10.2. The molecule has 0 aromatic heterocycles. The first kappa shape index (κ1) is 9.17. The fourth-order valence-electron chi connectivity index (χ4n) is 0.596. The van der Waals surface area contributed by atoms with Crippen molar-refractivity contribution >= 4 is 5.91 Å². The highest BCUT2D eigenvalue weighted by atomic mass is 16.1. The summed E-state index contributed by atoms with van der Waals surface area (Å²) < 4.78 is 0. The molecule has 58 valence electrons. The highest BCUT2D eigenvalue weighted by Gasteiger charge is 1.82.